The highest BCUT2D eigenvalue weighted by molar-refractivity contribution is 5.76. The third kappa shape index (κ3) is 6.34. The van der Waals surface area contributed by atoms with Gasteiger partial charge in [-0.05, 0) is 31.7 Å². The second kappa shape index (κ2) is 11.0. The van der Waals surface area contributed by atoms with Gasteiger partial charge in [-0.2, -0.15) is 0 Å². The predicted octanol–water partition coefficient (Wildman–Crippen LogP) is 3.29. The summed E-state index contributed by atoms with van der Waals surface area (Å²) in [5, 5.41) is 0. The molecule has 0 radical (unpaired) electrons. The molecule has 156 valence electrons. The van der Waals surface area contributed by atoms with Crippen LogP contribution in [0.4, 0.5) is 0 Å². The van der Waals surface area contributed by atoms with E-state index in [-0.39, 0.29) is 5.91 Å². The number of likely N-dealkylation sites (tertiary alicyclic amines) is 1. The number of carbonyl (C=O) groups is 1. The second-order valence-electron chi connectivity index (χ2n) is 7.51. The number of aryl methyl sites for hydroxylation is 2. The number of nitrogens with zero attached hydrogens (tertiary/aromatic N) is 3. The van der Waals surface area contributed by atoms with E-state index in [4.69, 9.17) is 14.5 Å². The van der Waals surface area contributed by atoms with Crippen molar-refractivity contribution in [3.8, 4) is 0 Å². The van der Waals surface area contributed by atoms with Crippen LogP contribution in [0.5, 0.6) is 0 Å². The molecule has 1 aliphatic heterocycles. The van der Waals surface area contributed by atoms with Crippen LogP contribution in [0.15, 0.2) is 36.5 Å². The van der Waals surface area contributed by atoms with Crippen LogP contribution in [0.25, 0.3) is 0 Å². The largest absolute Gasteiger partial charge is 0.382 e. The lowest BCUT2D eigenvalue weighted by Gasteiger charge is -2.32. The van der Waals surface area contributed by atoms with Crippen LogP contribution in [0.3, 0.4) is 0 Å². The van der Waals surface area contributed by atoms with Gasteiger partial charge in [0.15, 0.2) is 0 Å². The van der Waals surface area contributed by atoms with Crippen molar-refractivity contribution in [1.29, 1.82) is 0 Å². The molecule has 0 atom stereocenters. The fourth-order valence-electron chi connectivity index (χ4n) is 3.76. The van der Waals surface area contributed by atoms with Gasteiger partial charge in [0, 0.05) is 44.3 Å². The summed E-state index contributed by atoms with van der Waals surface area (Å²) in [4.78, 5) is 23.7. The van der Waals surface area contributed by atoms with Gasteiger partial charge in [-0.25, -0.2) is 9.97 Å². The Kier molecular flexibility index (Phi) is 8.14. The summed E-state index contributed by atoms with van der Waals surface area (Å²) < 4.78 is 10.7. The Bertz CT molecular complexity index is 774. The minimum Gasteiger partial charge on any atom is -0.382 e. The second-order valence-corrected chi connectivity index (χ2v) is 7.51. The lowest BCUT2D eigenvalue weighted by atomic mass is 9.90. The molecule has 0 aliphatic carbocycles. The summed E-state index contributed by atoms with van der Waals surface area (Å²) in [6, 6.07) is 10.2. The number of rotatable bonds is 9. The Hall–Kier alpha value is -2.31. The fraction of sp³-hybridized carbons (Fsp3) is 0.522. The molecule has 1 fully saturated rings. The third-order valence-electron chi connectivity index (χ3n) is 5.41. The molecule has 1 aromatic carbocycles. The zero-order valence-corrected chi connectivity index (χ0v) is 17.5. The molecule has 0 bridgehead atoms. The van der Waals surface area contributed by atoms with Gasteiger partial charge < -0.3 is 14.4 Å². The van der Waals surface area contributed by atoms with Gasteiger partial charge in [-0.15, -0.1) is 0 Å². The van der Waals surface area contributed by atoms with Gasteiger partial charge in [-0.3, -0.25) is 4.79 Å². The molecular weight excluding hydrogens is 366 g/mol. The van der Waals surface area contributed by atoms with E-state index < -0.39 is 0 Å². The first-order valence-corrected chi connectivity index (χ1v) is 10.4. The number of methoxy groups -OCH3 is 1. The Morgan fingerprint density at radius 1 is 1.17 bits per heavy atom. The van der Waals surface area contributed by atoms with E-state index in [2.05, 4.69) is 17.1 Å². The van der Waals surface area contributed by atoms with Crippen molar-refractivity contribution in [3.63, 3.8) is 0 Å². The molecule has 0 saturated carbocycles. The SMILES string of the molecule is COCCOCc1cnc(C)nc1C1CCN(C(=O)CCc2ccccc2)CC1. The normalized spacial score (nSPS) is 14.9. The molecule has 2 aromatic rings. The Labute approximate surface area is 173 Å². The van der Waals surface area contributed by atoms with E-state index >= 15 is 0 Å². The van der Waals surface area contributed by atoms with Crippen LogP contribution in [0.1, 0.15) is 47.8 Å². The molecule has 6 heteroatoms. The number of carbonyl (C=O) groups excluding carboxylic acids is 1. The zero-order valence-electron chi connectivity index (χ0n) is 17.5. The van der Waals surface area contributed by atoms with E-state index in [9.17, 15) is 4.79 Å². The quantitative estimate of drug-likeness (QED) is 0.608. The molecule has 1 saturated heterocycles. The maximum atomic E-state index is 12.6. The van der Waals surface area contributed by atoms with Crippen LogP contribution >= 0.6 is 0 Å². The predicted molar refractivity (Wildman–Crippen MR) is 112 cm³/mol. The van der Waals surface area contributed by atoms with Crippen LogP contribution in [-0.2, 0) is 27.3 Å². The average Bonchev–Trinajstić information content (AvgIpc) is 2.76. The van der Waals surface area contributed by atoms with Crippen LogP contribution in [0.2, 0.25) is 0 Å². The van der Waals surface area contributed by atoms with Crippen molar-refractivity contribution in [2.45, 2.75) is 45.1 Å². The number of aromatic nitrogens is 2. The first-order valence-electron chi connectivity index (χ1n) is 10.4. The fourth-order valence-corrected chi connectivity index (χ4v) is 3.76. The minimum atomic E-state index is 0.245. The monoisotopic (exact) mass is 397 g/mol. The zero-order chi connectivity index (χ0) is 20.5. The number of piperidine rings is 1. The minimum absolute atomic E-state index is 0.245. The van der Waals surface area contributed by atoms with Gasteiger partial charge in [0.05, 0.1) is 25.5 Å². The highest BCUT2D eigenvalue weighted by Crippen LogP contribution is 2.29. The lowest BCUT2D eigenvalue weighted by Crippen LogP contribution is -2.38. The Morgan fingerprint density at radius 2 is 1.93 bits per heavy atom. The average molecular weight is 398 g/mol. The smallest absolute Gasteiger partial charge is 0.222 e. The molecule has 2 heterocycles. The van der Waals surface area contributed by atoms with Crippen LogP contribution in [0, 0.1) is 6.92 Å². The first-order chi connectivity index (χ1) is 14.2. The van der Waals surface area contributed by atoms with Crippen molar-refractivity contribution in [1.82, 2.24) is 14.9 Å². The Morgan fingerprint density at radius 3 is 2.66 bits per heavy atom. The lowest BCUT2D eigenvalue weighted by molar-refractivity contribution is -0.132. The third-order valence-corrected chi connectivity index (χ3v) is 5.41. The van der Waals surface area contributed by atoms with Gasteiger partial charge in [-0.1, -0.05) is 30.3 Å². The van der Waals surface area contributed by atoms with Gasteiger partial charge in [0.2, 0.25) is 5.91 Å². The summed E-state index contributed by atoms with van der Waals surface area (Å²) in [7, 11) is 1.67. The van der Waals surface area contributed by atoms with Gasteiger partial charge in [0.25, 0.3) is 0 Å². The van der Waals surface area contributed by atoms with Crippen molar-refractivity contribution >= 4 is 5.91 Å². The Balaban J connectivity index is 1.53. The van der Waals surface area contributed by atoms with Gasteiger partial charge in [0.1, 0.15) is 5.82 Å². The maximum Gasteiger partial charge on any atom is 0.222 e. The van der Waals surface area contributed by atoms with E-state index in [1.165, 1.54) is 5.56 Å². The molecule has 0 spiro atoms. The van der Waals surface area contributed by atoms with E-state index in [1.54, 1.807) is 7.11 Å². The molecular formula is C23H31N3O3. The highest BCUT2D eigenvalue weighted by Gasteiger charge is 2.26. The number of amides is 1. The number of ether oxygens (including phenoxy) is 2. The number of benzene rings is 1. The summed E-state index contributed by atoms with van der Waals surface area (Å²) >= 11 is 0. The van der Waals surface area contributed by atoms with Crippen molar-refractivity contribution in [2.75, 3.05) is 33.4 Å². The molecule has 1 aromatic heterocycles. The maximum absolute atomic E-state index is 12.6. The first kappa shape index (κ1) is 21.4. The molecule has 0 N–H and O–H groups in total. The number of hydrogen-bond acceptors (Lipinski definition) is 5. The van der Waals surface area contributed by atoms with E-state index in [0.717, 1.165) is 49.4 Å². The summed E-state index contributed by atoms with van der Waals surface area (Å²) in [5.74, 6) is 1.37. The molecule has 3 rings (SSSR count). The molecule has 1 amide bonds. The summed E-state index contributed by atoms with van der Waals surface area (Å²) in [6.07, 6.45) is 5.10. The van der Waals surface area contributed by atoms with Crippen LogP contribution < -0.4 is 0 Å². The van der Waals surface area contributed by atoms with Crippen molar-refractivity contribution in [2.24, 2.45) is 0 Å². The van der Waals surface area contributed by atoms with E-state index in [0.29, 0.717) is 32.2 Å². The standard InChI is InChI=1S/C23H31N3O3/c1-18-24-16-21(17-29-15-14-28-2)23(25-18)20-10-12-26(13-11-20)22(27)9-8-19-6-4-3-5-7-19/h3-7,16,20H,8-15,17H2,1-2H3. The summed E-state index contributed by atoms with van der Waals surface area (Å²) in [6.45, 7) is 5.11. The van der Waals surface area contributed by atoms with Crippen molar-refractivity contribution < 1.29 is 14.3 Å². The molecule has 0 unspecified atom stereocenters. The highest BCUT2D eigenvalue weighted by atomic mass is 16.5. The van der Waals surface area contributed by atoms with E-state index in [1.807, 2.05) is 36.2 Å². The molecule has 6 nitrogen and oxygen atoms in total. The number of hydrogen-bond donors (Lipinski definition) is 0. The van der Waals surface area contributed by atoms with Crippen molar-refractivity contribution in [3.05, 3.63) is 59.2 Å². The van der Waals surface area contributed by atoms with Crippen LogP contribution in [-0.4, -0.2) is 54.2 Å². The molecule has 1 aliphatic rings. The summed E-state index contributed by atoms with van der Waals surface area (Å²) in [5.41, 5.74) is 3.33. The molecule has 29 heavy (non-hydrogen) atoms. The van der Waals surface area contributed by atoms with Gasteiger partial charge >= 0.3 is 0 Å². The topological polar surface area (TPSA) is 64.6 Å².